The molecule has 33 heavy (non-hydrogen) atoms. The van der Waals surface area contributed by atoms with Gasteiger partial charge in [0.2, 0.25) is 0 Å². The predicted octanol–water partition coefficient (Wildman–Crippen LogP) is 7.95. The molecule has 0 aliphatic heterocycles. The Hall–Kier alpha value is -2.57. The van der Waals surface area contributed by atoms with Gasteiger partial charge in [-0.3, -0.25) is 0 Å². The van der Waals surface area contributed by atoms with Crippen molar-refractivity contribution in [2.45, 2.75) is 77.3 Å². The number of rotatable bonds is 14. The molecule has 0 radical (unpaired) electrons. The molecule has 1 aromatic carbocycles. The van der Waals surface area contributed by atoms with E-state index in [2.05, 4.69) is 11.9 Å². The second-order valence-electron chi connectivity index (χ2n) is 8.25. The fourth-order valence-corrected chi connectivity index (χ4v) is 3.85. The number of hydrogen-bond donors (Lipinski definition) is 0. The maximum Gasteiger partial charge on any atom is 0.416 e. The van der Waals surface area contributed by atoms with Crippen molar-refractivity contribution in [2.24, 2.45) is 0 Å². The molecular weight excluding hydrogens is 429 g/mol. The Morgan fingerprint density at radius 2 is 1.58 bits per heavy atom. The van der Waals surface area contributed by atoms with Crippen LogP contribution in [0.25, 0.3) is 0 Å². The Kier molecular flexibility index (Phi) is 11.2. The smallest absolute Gasteiger partial charge is 0.416 e. The fraction of sp³-hybridized carbons (Fsp3) is 0.538. The van der Waals surface area contributed by atoms with Crippen LogP contribution in [-0.2, 0) is 10.9 Å². The van der Waals surface area contributed by atoms with Gasteiger partial charge in [0, 0.05) is 18.4 Å². The third-order valence-corrected chi connectivity index (χ3v) is 5.67. The van der Waals surface area contributed by atoms with Gasteiger partial charge in [-0.2, -0.15) is 13.2 Å². The van der Waals surface area contributed by atoms with E-state index in [-0.39, 0.29) is 5.56 Å². The Bertz CT molecular complexity index is 855. The third kappa shape index (κ3) is 8.71. The van der Waals surface area contributed by atoms with Crippen molar-refractivity contribution in [2.75, 3.05) is 18.6 Å². The summed E-state index contributed by atoms with van der Waals surface area (Å²) < 4.78 is 44.8. The van der Waals surface area contributed by atoms with Gasteiger partial charge in [-0.1, -0.05) is 70.8 Å². The van der Waals surface area contributed by atoms with E-state index in [9.17, 15) is 18.0 Å². The largest absolute Gasteiger partial charge is 0.465 e. The van der Waals surface area contributed by atoms with E-state index >= 15 is 0 Å². The summed E-state index contributed by atoms with van der Waals surface area (Å²) in [6.45, 7) is 2.67. The summed E-state index contributed by atoms with van der Waals surface area (Å²) in [7, 11) is 1.27. The molecule has 0 aliphatic rings. The molecule has 0 amide bonds. The van der Waals surface area contributed by atoms with Gasteiger partial charge < -0.3 is 9.64 Å². The predicted molar refractivity (Wildman–Crippen MR) is 126 cm³/mol. The van der Waals surface area contributed by atoms with Crippen LogP contribution in [0.1, 0.15) is 87.1 Å². The van der Waals surface area contributed by atoms with Gasteiger partial charge in [-0.05, 0) is 36.8 Å². The highest BCUT2D eigenvalue weighted by Crippen LogP contribution is 2.34. The summed E-state index contributed by atoms with van der Waals surface area (Å²) >= 11 is 0. The number of pyridine rings is 1. The number of methoxy groups -OCH3 is 1. The molecule has 2 aromatic rings. The van der Waals surface area contributed by atoms with Gasteiger partial charge in [-0.15, -0.1) is 0 Å². The molecule has 0 unspecified atom stereocenters. The number of carbonyl (C=O) groups excluding carboxylic acids is 1. The lowest BCUT2D eigenvalue weighted by atomic mass is 10.1. The second-order valence-corrected chi connectivity index (χ2v) is 8.25. The fourth-order valence-electron chi connectivity index (χ4n) is 3.85. The molecule has 0 fully saturated rings. The van der Waals surface area contributed by atoms with Crippen LogP contribution in [0.5, 0.6) is 0 Å². The van der Waals surface area contributed by atoms with E-state index in [4.69, 9.17) is 4.74 Å². The quantitative estimate of drug-likeness (QED) is 0.210. The lowest BCUT2D eigenvalue weighted by Gasteiger charge is -2.26. The first-order valence-corrected chi connectivity index (χ1v) is 11.9. The van der Waals surface area contributed by atoms with Gasteiger partial charge in [0.15, 0.2) is 0 Å². The van der Waals surface area contributed by atoms with Crippen molar-refractivity contribution in [3.05, 3.63) is 53.7 Å². The van der Waals surface area contributed by atoms with Crippen LogP contribution in [0.2, 0.25) is 0 Å². The van der Waals surface area contributed by atoms with Crippen LogP contribution < -0.4 is 4.90 Å². The standard InChI is InChI=1S/C26H35F3N2O2/c1-3-4-5-6-7-8-9-10-11-12-19-31(22-16-13-15-21(20-22)26(27,28)29)24-23(25(32)33-2)17-14-18-30-24/h13-18,20H,3-12,19H2,1-2H3. The van der Waals surface area contributed by atoms with Crippen LogP contribution in [0, 0.1) is 0 Å². The number of benzene rings is 1. The van der Waals surface area contributed by atoms with Crippen LogP contribution >= 0.6 is 0 Å². The number of ether oxygens (including phenoxy) is 1. The summed E-state index contributed by atoms with van der Waals surface area (Å²) in [5.41, 5.74) is -0.155. The second kappa shape index (κ2) is 13.9. The summed E-state index contributed by atoms with van der Waals surface area (Å²) in [5, 5.41) is 0. The lowest BCUT2D eigenvalue weighted by Crippen LogP contribution is -2.23. The first-order chi connectivity index (χ1) is 15.9. The first kappa shape index (κ1) is 26.7. The number of alkyl halides is 3. The summed E-state index contributed by atoms with van der Waals surface area (Å²) in [5.74, 6) is -0.266. The molecule has 1 heterocycles. The van der Waals surface area contributed by atoms with E-state index in [1.807, 2.05) is 0 Å². The van der Waals surface area contributed by atoms with E-state index in [0.717, 1.165) is 37.8 Å². The first-order valence-electron chi connectivity index (χ1n) is 11.9. The number of aromatic nitrogens is 1. The van der Waals surface area contributed by atoms with E-state index in [1.54, 1.807) is 23.1 Å². The van der Waals surface area contributed by atoms with Crippen LogP contribution in [-0.4, -0.2) is 24.6 Å². The summed E-state index contributed by atoms with van der Waals surface area (Å²) in [4.78, 5) is 18.3. The van der Waals surface area contributed by atoms with Crippen molar-refractivity contribution in [1.82, 2.24) is 4.98 Å². The van der Waals surface area contributed by atoms with Gasteiger partial charge in [0.25, 0.3) is 0 Å². The molecular formula is C26H35F3N2O2. The van der Waals surface area contributed by atoms with Crippen molar-refractivity contribution in [1.29, 1.82) is 0 Å². The topological polar surface area (TPSA) is 42.4 Å². The van der Waals surface area contributed by atoms with Crippen LogP contribution in [0.4, 0.5) is 24.7 Å². The molecule has 2 rings (SSSR count). The highest BCUT2D eigenvalue weighted by Gasteiger charge is 2.31. The zero-order valence-electron chi connectivity index (χ0n) is 19.7. The maximum atomic E-state index is 13.3. The molecule has 0 atom stereocenters. The average Bonchev–Trinajstić information content (AvgIpc) is 2.82. The molecule has 0 bridgehead atoms. The number of unbranched alkanes of at least 4 members (excludes halogenated alkanes) is 9. The Morgan fingerprint density at radius 3 is 2.18 bits per heavy atom. The normalized spacial score (nSPS) is 11.4. The molecule has 0 saturated carbocycles. The third-order valence-electron chi connectivity index (χ3n) is 5.67. The number of esters is 1. The lowest BCUT2D eigenvalue weighted by molar-refractivity contribution is -0.137. The monoisotopic (exact) mass is 464 g/mol. The summed E-state index contributed by atoms with van der Waals surface area (Å²) in [6.07, 6.45) is 8.66. The van der Waals surface area contributed by atoms with E-state index in [0.29, 0.717) is 18.1 Å². The van der Waals surface area contributed by atoms with Crippen molar-refractivity contribution in [3.63, 3.8) is 0 Å². The minimum absolute atomic E-state index is 0.226. The zero-order valence-corrected chi connectivity index (χ0v) is 19.7. The molecule has 0 aliphatic carbocycles. The molecule has 0 saturated heterocycles. The number of nitrogens with zero attached hydrogens (tertiary/aromatic N) is 2. The van der Waals surface area contributed by atoms with Crippen molar-refractivity contribution in [3.8, 4) is 0 Å². The highest BCUT2D eigenvalue weighted by molar-refractivity contribution is 5.95. The van der Waals surface area contributed by atoms with Gasteiger partial charge in [0.05, 0.1) is 12.7 Å². The summed E-state index contributed by atoms with van der Waals surface area (Å²) in [6, 6.07) is 8.33. The molecule has 7 heteroatoms. The van der Waals surface area contributed by atoms with E-state index in [1.165, 1.54) is 57.9 Å². The maximum absolute atomic E-state index is 13.3. The van der Waals surface area contributed by atoms with Gasteiger partial charge >= 0.3 is 12.1 Å². The Morgan fingerprint density at radius 1 is 0.939 bits per heavy atom. The average molecular weight is 465 g/mol. The van der Waals surface area contributed by atoms with Gasteiger partial charge in [-0.25, -0.2) is 9.78 Å². The number of anilines is 2. The number of halogens is 3. The Labute approximate surface area is 195 Å². The zero-order chi connectivity index (χ0) is 24.1. The molecule has 182 valence electrons. The van der Waals surface area contributed by atoms with E-state index < -0.39 is 17.7 Å². The van der Waals surface area contributed by atoms with Crippen molar-refractivity contribution < 1.29 is 22.7 Å². The SMILES string of the molecule is CCCCCCCCCCCCN(c1cccc(C(F)(F)F)c1)c1ncccc1C(=O)OC. The number of hydrogen-bond acceptors (Lipinski definition) is 4. The minimum atomic E-state index is -4.45. The molecule has 4 nitrogen and oxygen atoms in total. The minimum Gasteiger partial charge on any atom is -0.465 e. The molecule has 0 N–H and O–H groups in total. The number of carbonyl (C=O) groups is 1. The highest BCUT2D eigenvalue weighted by atomic mass is 19.4. The van der Waals surface area contributed by atoms with Crippen LogP contribution in [0.15, 0.2) is 42.6 Å². The van der Waals surface area contributed by atoms with Crippen molar-refractivity contribution >= 4 is 17.5 Å². The Balaban J connectivity index is 2.09. The van der Waals surface area contributed by atoms with Crippen LogP contribution in [0.3, 0.4) is 0 Å². The molecule has 1 aromatic heterocycles. The molecule has 0 spiro atoms. The van der Waals surface area contributed by atoms with Gasteiger partial charge in [0.1, 0.15) is 11.4 Å².